The predicted molar refractivity (Wildman–Crippen MR) is 131 cm³/mol. The van der Waals surface area contributed by atoms with Crippen LogP contribution in [0.3, 0.4) is 0 Å². The minimum Gasteiger partial charge on any atom is -0.490 e. The zero-order valence-electron chi connectivity index (χ0n) is 18.0. The molecule has 0 aliphatic rings. The van der Waals surface area contributed by atoms with Crippen LogP contribution in [-0.4, -0.2) is 24.0 Å². The lowest BCUT2D eigenvalue weighted by atomic mass is 10.2. The topological polar surface area (TPSA) is 59.9 Å². The quantitative estimate of drug-likeness (QED) is 0.227. The average molecular weight is 469 g/mol. The zero-order valence-corrected chi connectivity index (χ0v) is 19.5. The fourth-order valence-electron chi connectivity index (χ4n) is 2.80. The van der Waals surface area contributed by atoms with Crippen LogP contribution in [0.1, 0.15) is 25.0 Å². The molecule has 0 heterocycles. The molecular weight excluding hydrogens is 444 g/mol. The Hall–Kier alpha value is -2.96. The first kappa shape index (κ1) is 23.7. The molecule has 0 unspecified atom stereocenters. The highest BCUT2D eigenvalue weighted by molar-refractivity contribution is 8.00. The average Bonchev–Trinajstić information content (AvgIpc) is 2.79. The number of rotatable bonds is 10. The van der Waals surface area contributed by atoms with E-state index in [0.29, 0.717) is 29.7 Å². The maximum atomic E-state index is 12.3. The van der Waals surface area contributed by atoms with Gasteiger partial charge in [0.15, 0.2) is 11.5 Å². The van der Waals surface area contributed by atoms with E-state index in [1.54, 1.807) is 6.21 Å². The second kappa shape index (κ2) is 12.2. The van der Waals surface area contributed by atoms with Gasteiger partial charge in [-0.05, 0) is 67.4 Å². The summed E-state index contributed by atoms with van der Waals surface area (Å²) in [5.41, 5.74) is 4.35. The molecule has 32 heavy (non-hydrogen) atoms. The molecule has 166 valence electrons. The van der Waals surface area contributed by atoms with Gasteiger partial charge in [-0.2, -0.15) is 5.10 Å². The van der Waals surface area contributed by atoms with Gasteiger partial charge in [-0.1, -0.05) is 41.9 Å². The molecule has 0 fully saturated rings. The highest BCUT2D eigenvalue weighted by atomic mass is 35.5. The van der Waals surface area contributed by atoms with Gasteiger partial charge in [0.2, 0.25) is 0 Å². The summed E-state index contributed by atoms with van der Waals surface area (Å²) in [7, 11) is 0. The van der Waals surface area contributed by atoms with Gasteiger partial charge >= 0.3 is 0 Å². The van der Waals surface area contributed by atoms with Crippen molar-refractivity contribution >= 4 is 35.5 Å². The Morgan fingerprint density at radius 3 is 2.62 bits per heavy atom. The lowest BCUT2D eigenvalue weighted by molar-refractivity contribution is -0.120. The summed E-state index contributed by atoms with van der Waals surface area (Å²) >= 11 is 7.52. The third-order valence-electron chi connectivity index (χ3n) is 4.36. The predicted octanol–water partition coefficient (Wildman–Crippen LogP) is 5.95. The van der Waals surface area contributed by atoms with Crippen LogP contribution >= 0.6 is 23.4 Å². The summed E-state index contributed by atoms with van der Waals surface area (Å²) in [5, 5.41) is 4.49. The van der Waals surface area contributed by atoms with Crippen molar-refractivity contribution in [2.24, 2.45) is 5.10 Å². The van der Waals surface area contributed by atoms with Crippen molar-refractivity contribution in [3.63, 3.8) is 0 Å². The molecular formula is C25H25ClN2O3S. The number of benzene rings is 3. The first-order valence-electron chi connectivity index (χ1n) is 10.2. The minimum atomic E-state index is -0.268. The van der Waals surface area contributed by atoms with Crippen LogP contribution in [0.2, 0.25) is 5.02 Å². The molecule has 1 atom stereocenters. The van der Waals surface area contributed by atoms with E-state index < -0.39 is 0 Å². The lowest BCUT2D eigenvalue weighted by Crippen LogP contribution is -2.26. The van der Waals surface area contributed by atoms with E-state index >= 15 is 0 Å². The van der Waals surface area contributed by atoms with Gasteiger partial charge in [-0.3, -0.25) is 4.79 Å². The summed E-state index contributed by atoms with van der Waals surface area (Å²) in [4.78, 5) is 13.3. The second-order valence-corrected chi connectivity index (χ2v) is 8.72. The first-order chi connectivity index (χ1) is 15.5. The largest absolute Gasteiger partial charge is 0.490 e. The van der Waals surface area contributed by atoms with Crippen LogP contribution in [0.15, 0.2) is 82.8 Å². The Labute approximate surface area is 197 Å². The zero-order chi connectivity index (χ0) is 22.8. The van der Waals surface area contributed by atoms with E-state index in [0.717, 1.165) is 16.0 Å². The van der Waals surface area contributed by atoms with Crippen LogP contribution < -0.4 is 14.9 Å². The van der Waals surface area contributed by atoms with Gasteiger partial charge in [0.05, 0.1) is 18.1 Å². The smallest absolute Gasteiger partial charge is 0.253 e. The SMILES string of the molecule is CCOc1cc(/C=N\NC(=O)[C@@H](C)Sc2ccccc2)ccc1OCc1cccc(Cl)c1. The molecule has 0 saturated carbocycles. The van der Waals surface area contributed by atoms with Crippen LogP contribution in [-0.2, 0) is 11.4 Å². The number of amides is 1. The molecule has 0 bridgehead atoms. The Morgan fingerprint density at radius 2 is 1.88 bits per heavy atom. The van der Waals surface area contributed by atoms with Crippen LogP contribution in [0.25, 0.3) is 0 Å². The molecule has 0 aliphatic heterocycles. The molecule has 3 aromatic rings. The van der Waals surface area contributed by atoms with Crippen molar-refractivity contribution in [2.75, 3.05) is 6.61 Å². The van der Waals surface area contributed by atoms with Gasteiger partial charge in [0.25, 0.3) is 5.91 Å². The molecule has 3 rings (SSSR count). The summed E-state index contributed by atoms with van der Waals surface area (Å²) in [6, 6.07) is 22.8. The molecule has 0 aliphatic carbocycles. The number of ether oxygens (including phenoxy) is 2. The van der Waals surface area contributed by atoms with Gasteiger partial charge in [-0.25, -0.2) is 5.43 Å². The summed E-state index contributed by atoms with van der Waals surface area (Å²) in [6.07, 6.45) is 1.58. The number of hydrazone groups is 1. The number of hydrogen-bond acceptors (Lipinski definition) is 5. The van der Waals surface area contributed by atoms with Crippen molar-refractivity contribution < 1.29 is 14.3 Å². The number of thioether (sulfide) groups is 1. The number of halogens is 1. The Kier molecular flexibility index (Phi) is 9.01. The Bertz CT molecular complexity index is 1060. The number of nitrogens with one attached hydrogen (secondary N) is 1. The van der Waals surface area contributed by atoms with Crippen LogP contribution in [0, 0.1) is 0 Å². The van der Waals surface area contributed by atoms with Crippen molar-refractivity contribution in [1.82, 2.24) is 5.43 Å². The fourth-order valence-corrected chi connectivity index (χ4v) is 3.89. The fraction of sp³-hybridized carbons (Fsp3) is 0.200. The molecule has 5 nitrogen and oxygen atoms in total. The number of nitrogens with zero attached hydrogens (tertiary/aromatic N) is 1. The number of carbonyl (C=O) groups is 1. The van der Waals surface area contributed by atoms with Crippen LogP contribution in [0.5, 0.6) is 11.5 Å². The maximum absolute atomic E-state index is 12.3. The molecule has 7 heteroatoms. The summed E-state index contributed by atoms with van der Waals surface area (Å²) < 4.78 is 11.6. The molecule has 0 aromatic heterocycles. The monoisotopic (exact) mass is 468 g/mol. The molecule has 0 radical (unpaired) electrons. The van der Waals surface area contributed by atoms with E-state index in [1.165, 1.54) is 11.8 Å². The standard InChI is InChI=1S/C25H25ClN2O3S/c1-3-30-24-15-19(12-13-23(24)31-17-20-8-7-9-21(26)14-20)16-27-28-25(29)18(2)32-22-10-5-4-6-11-22/h4-16,18H,3,17H2,1-2H3,(H,28,29)/b27-16-/t18-/m1/s1. The summed E-state index contributed by atoms with van der Waals surface area (Å²) in [5.74, 6) is 1.07. The first-order valence-corrected chi connectivity index (χ1v) is 11.5. The number of hydrogen-bond donors (Lipinski definition) is 1. The van der Waals surface area contributed by atoms with Crippen molar-refractivity contribution in [1.29, 1.82) is 0 Å². The molecule has 0 spiro atoms. The highest BCUT2D eigenvalue weighted by Crippen LogP contribution is 2.29. The number of carbonyl (C=O) groups excluding carboxylic acids is 1. The normalized spacial score (nSPS) is 11.8. The second-order valence-electron chi connectivity index (χ2n) is 6.87. The molecule has 3 aromatic carbocycles. The van der Waals surface area contributed by atoms with E-state index in [2.05, 4.69) is 10.5 Å². The summed E-state index contributed by atoms with van der Waals surface area (Å²) in [6.45, 7) is 4.63. The van der Waals surface area contributed by atoms with Crippen molar-refractivity contribution in [3.05, 3.63) is 88.9 Å². The third-order valence-corrected chi connectivity index (χ3v) is 5.71. The Morgan fingerprint density at radius 1 is 1.06 bits per heavy atom. The molecule has 1 N–H and O–H groups in total. The maximum Gasteiger partial charge on any atom is 0.253 e. The van der Waals surface area contributed by atoms with E-state index in [-0.39, 0.29) is 11.2 Å². The molecule has 1 amide bonds. The van der Waals surface area contributed by atoms with E-state index in [4.69, 9.17) is 21.1 Å². The van der Waals surface area contributed by atoms with Crippen LogP contribution in [0.4, 0.5) is 0 Å². The van der Waals surface area contributed by atoms with E-state index in [1.807, 2.05) is 86.6 Å². The highest BCUT2D eigenvalue weighted by Gasteiger charge is 2.13. The van der Waals surface area contributed by atoms with Crippen molar-refractivity contribution in [3.8, 4) is 11.5 Å². The minimum absolute atomic E-state index is 0.165. The van der Waals surface area contributed by atoms with Gasteiger partial charge in [0.1, 0.15) is 6.61 Å². The lowest BCUT2D eigenvalue weighted by Gasteiger charge is -2.13. The van der Waals surface area contributed by atoms with E-state index in [9.17, 15) is 4.79 Å². The van der Waals surface area contributed by atoms with Gasteiger partial charge in [-0.15, -0.1) is 11.8 Å². The Balaban J connectivity index is 1.59. The van der Waals surface area contributed by atoms with Gasteiger partial charge < -0.3 is 9.47 Å². The molecule has 0 saturated heterocycles. The van der Waals surface area contributed by atoms with Crippen molar-refractivity contribution in [2.45, 2.75) is 30.6 Å². The third kappa shape index (κ3) is 7.32. The van der Waals surface area contributed by atoms with Gasteiger partial charge in [0, 0.05) is 9.92 Å².